The highest BCUT2D eigenvalue weighted by Gasteiger charge is 2.06. The second-order valence-corrected chi connectivity index (χ2v) is 5.54. The molecule has 1 aromatic heterocycles. The lowest BCUT2D eigenvalue weighted by molar-refractivity contribution is -0.143. The molecule has 0 N–H and O–H groups in total. The third-order valence-electron chi connectivity index (χ3n) is 3.06. The van der Waals surface area contributed by atoms with Crippen LogP contribution in [-0.2, 0) is 9.53 Å². The van der Waals surface area contributed by atoms with Crippen LogP contribution in [0.2, 0.25) is 0 Å². The van der Waals surface area contributed by atoms with Crippen LogP contribution in [0.25, 0.3) is 0 Å². The van der Waals surface area contributed by atoms with Gasteiger partial charge in [-0.15, -0.1) is 0 Å². The number of aromatic nitrogens is 1. The summed E-state index contributed by atoms with van der Waals surface area (Å²) in [4.78, 5) is 15.5. The molecule has 1 heterocycles. The number of hydrogen-bond acceptors (Lipinski definition) is 4. The fourth-order valence-corrected chi connectivity index (χ4v) is 2.27. The molecule has 22 heavy (non-hydrogen) atoms. The maximum atomic E-state index is 11.3. The third-order valence-corrected chi connectivity index (χ3v) is 3.50. The van der Waals surface area contributed by atoms with E-state index in [0.29, 0.717) is 25.3 Å². The summed E-state index contributed by atoms with van der Waals surface area (Å²) in [5.41, 5.74) is 2.20. The molecule has 0 atom stereocenters. The number of ether oxygens (including phenoxy) is 2. The van der Waals surface area contributed by atoms with Crippen LogP contribution in [0, 0.1) is 0 Å². The quantitative estimate of drug-likeness (QED) is 0.428. The van der Waals surface area contributed by atoms with Gasteiger partial charge in [0, 0.05) is 12.5 Å². The van der Waals surface area contributed by atoms with Crippen molar-refractivity contribution in [3.8, 4) is 5.88 Å². The van der Waals surface area contributed by atoms with Crippen LogP contribution in [-0.4, -0.2) is 17.6 Å². The SMILES string of the molecule is CCOC(=O)CCC1=CCC(=COc2cccc(Br)n2)C=C1. The van der Waals surface area contributed by atoms with Gasteiger partial charge < -0.3 is 9.47 Å². The zero-order valence-electron chi connectivity index (χ0n) is 12.4. The summed E-state index contributed by atoms with van der Waals surface area (Å²) in [5, 5.41) is 0. The molecule has 0 aliphatic heterocycles. The Kier molecular flexibility index (Phi) is 6.40. The summed E-state index contributed by atoms with van der Waals surface area (Å²) in [5.74, 6) is 0.398. The van der Waals surface area contributed by atoms with Gasteiger partial charge in [-0.25, -0.2) is 4.98 Å². The molecule has 116 valence electrons. The van der Waals surface area contributed by atoms with Crippen LogP contribution in [0.3, 0.4) is 0 Å². The molecule has 0 spiro atoms. The topological polar surface area (TPSA) is 48.4 Å². The number of rotatable bonds is 6. The molecular formula is C17H18BrNO3. The molecule has 0 bridgehead atoms. The smallest absolute Gasteiger partial charge is 0.306 e. The number of esters is 1. The number of hydrogen-bond donors (Lipinski definition) is 0. The maximum absolute atomic E-state index is 11.3. The van der Waals surface area contributed by atoms with E-state index in [2.05, 4.69) is 27.0 Å². The predicted octanol–water partition coefficient (Wildman–Crippen LogP) is 4.34. The van der Waals surface area contributed by atoms with Crippen molar-refractivity contribution in [2.75, 3.05) is 6.61 Å². The van der Waals surface area contributed by atoms with Crippen molar-refractivity contribution < 1.29 is 14.3 Å². The first-order chi connectivity index (χ1) is 10.7. The molecule has 5 heteroatoms. The molecule has 0 fully saturated rings. The summed E-state index contributed by atoms with van der Waals surface area (Å²) >= 11 is 3.30. The van der Waals surface area contributed by atoms with Crippen LogP contribution >= 0.6 is 15.9 Å². The van der Waals surface area contributed by atoms with E-state index in [9.17, 15) is 4.79 Å². The fourth-order valence-electron chi connectivity index (χ4n) is 1.94. The van der Waals surface area contributed by atoms with Crippen molar-refractivity contribution in [3.05, 3.63) is 58.4 Å². The Morgan fingerprint density at radius 1 is 1.41 bits per heavy atom. The first-order valence-electron chi connectivity index (χ1n) is 7.18. The van der Waals surface area contributed by atoms with Gasteiger partial charge in [0.15, 0.2) is 0 Å². The van der Waals surface area contributed by atoms with Gasteiger partial charge in [0.05, 0.1) is 12.9 Å². The molecule has 0 saturated heterocycles. The van der Waals surface area contributed by atoms with Crippen molar-refractivity contribution >= 4 is 21.9 Å². The van der Waals surface area contributed by atoms with Crippen LogP contribution in [0.5, 0.6) is 5.88 Å². The monoisotopic (exact) mass is 363 g/mol. The molecule has 1 aliphatic rings. The largest absolute Gasteiger partial charge is 0.466 e. The highest BCUT2D eigenvalue weighted by atomic mass is 79.9. The number of halogens is 1. The van der Waals surface area contributed by atoms with Gasteiger partial charge in [-0.1, -0.05) is 29.9 Å². The van der Waals surface area contributed by atoms with Gasteiger partial charge in [0.1, 0.15) is 4.60 Å². The van der Waals surface area contributed by atoms with Crippen LogP contribution in [0.1, 0.15) is 26.2 Å². The zero-order chi connectivity index (χ0) is 15.8. The van der Waals surface area contributed by atoms with Gasteiger partial charge in [-0.2, -0.15) is 0 Å². The summed E-state index contributed by atoms with van der Waals surface area (Å²) in [7, 11) is 0. The Labute approximate surface area is 138 Å². The highest BCUT2D eigenvalue weighted by molar-refractivity contribution is 9.10. The van der Waals surface area contributed by atoms with Crippen molar-refractivity contribution in [1.29, 1.82) is 0 Å². The number of carbonyl (C=O) groups is 1. The number of allylic oxidation sites excluding steroid dienone is 5. The lowest BCUT2D eigenvalue weighted by Gasteiger charge is -2.09. The fraction of sp³-hybridized carbons (Fsp3) is 0.294. The molecule has 0 aromatic carbocycles. The Balaban J connectivity index is 1.82. The van der Waals surface area contributed by atoms with E-state index in [1.54, 1.807) is 12.3 Å². The average molecular weight is 364 g/mol. The van der Waals surface area contributed by atoms with E-state index in [-0.39, 0.29) is 5.97 Å². The molecule has 2 rings (SSSR count). The molecule has 0 unspecified atom stereocenters. The summed E-state index contributed by atoms with van der Waals surface area (Å²) in [6.07, 6.45) is 9.71. The van der Waals surface area contributed by atoms with Crippen LogP contribution in [0.15, 0.2) is 58.4 Å². The van der Waals surface area contributed by atoms with E-state index in [1.807, 2.05) is 31.2 Å². The molecule has 4 nitrogen and oxygen atoms in total. The first-order valence-corrected chi connectivity index (χ1v) is 7.97. The minimum atomic E-state index is -0.151. The Hall–Kier alpha value is -1.88. The lowest BCUT2D eigenvalue weighted by Crippen LogP contribution is -2.04. The zero-order valence-corrected chi connectivity index (χ0v) is 14.0. The van der Waals surface area contributed by atoms with E-state index < -0.39 is 0 Å². The summed E-state index contributed by atoms with van der Waals surface area (Å²) in [6.45, 7) is 2.25. The second kappa shape index (κ2) is 8.54. The number of nitrogens with zero attached hydrogens (tertiary/aromatic N) is 1. The van der Waals surface area contributed by atoms with Gasteiger partial charge in [-0.3, -0.25) is 4.79 Å². The minimum Gasteiger partial charge on any atom is -0.466 e. The summed E-state index contributed by atoms with van der Waals surface area (Å²) in [6, 6.07) is 5.52. The minimum absolute atomic E-state index is 0.151. The molecule has 0 radical (unpaired) electrons. The maximum Gasteiger partial charge on any atom is 0.306 e. The standard InChI is InChI=1S/C17H18BrNO3/c1-2-21-17(20)11-10-13-6-8-14(9-7-13)12-22-16-5-3-4-15(18)19-16/h3-8,12H,2,9-11H2,1H3. The van der Waals surface area contributed by atoms with Gasteiger partial charge in [-0.05, 0) is 47.3 Å². The predicted molar refractivity (Wildman–Crippen MR) is 88.4 cm³/mol. The molecule has 0 saturated carbocycles. The van der Waals surface area contributed by atoms with Crippen molar-refractivity contribution in [3.63, 3.8) is 0 Å². The average Bonchev–Trinajstić information content (AvgIpc) is 2.52. The van der Waals surface area contributed by atoms with E-state index >= 15 is 0 Å². The third kappa shape index (κ3) is 5.48. The molecule has 0 amide bonds. The number of pyridine rings is 1. The molecular weight excluding hydrogens is 346 g/mol. The lowest BCUT2D eigenvalue weighted by atomic mass is 10.00. The van der Waals surface area contributed by atoms with E-state index in [4.69, 9.17) is 9.47 Å². The van der Waals surface area contributed by atoms with Gasteiger partial charge in [0.25, 0.3) is 0 Å². The Morgan fingerprint density at radius 2 is 2.27 bits per heavy atom. The van der Waals surface area contributed by atoms with Crippen molar-refractivity contribution in [2.24, 2.45) is 0 Å². The van der Waals surface area contributed by atoms with E-state index in [1.165, 1.54) is 0 Å². The second-order valence-electron chi connectivity index (χ2n) is 4.73. The number of carbonyl (C=O) groups excluding carboxylic acids is 1. The normalized spacial score (nSPS) is 15.5. The summed E-state index contributed by atoms with van der Waals surface area (Å²) < 4.78 is 11.2. The highest BCUT2D eigenvalue weighted by Crippen LogP contribution is 2.20. The van der Waals surface area contributed by atoms with Crippen LogP contribution in [0.4, 0.5) is 0 Å². The molecule has 1 aromatic rings. The van der Waals surface area contributed by atoms with Gasteiger partial charge >= 0.3 is 5.97 Å². The van der Waals surface area contributed by atoms with Gasteiger partial charge in [0.2, 0.25) is 5.88 Å². The van der Waals surface area contributed by atoms with E-state index in [0.717, 1.165) is 22.2 Å². The first kappa shape index (κ1) is 16.5. The van der Waals surface area contributed by atoms with Crippen molar-refractivity contribution in [1.82, 2.24) is 4.98 Å². The molecule has 1 aliphatic carbocycles. The van der Waals surface area contributed by atoms with Crippen molar-refractivity contribution in [2.45, 2.75) is 26.2 Å². The van der Waals surface area contributed by atoms with Crippen LogP contribution < -0.4 is 4.74 Å². The Morgan fingerprint density at radius 3 is 2.95 bits per heavy atom. The Bertz CT molecular complexity index is 620.